The van der Waals surface area contributed by atoms with Gasteiger partial charge in [-0.2, -0.15) is 0 Å². The average molecular weight is 263 g/mol. The summed E-state index contributed by atoms with van der Waals surface area (Å²) in [6.07, 6.45) is 0.911. The minimum atomic E-state index is -0.654. The third kappa shape index (κ3) is 3.35. The van der Waals surface area contributed by atoms with Gasteiger partial charge in [0, 0.05) is 11.0 Å². The molecule has 0 heterocycles. The third-order valence-corrected chi connectivity index (χ3v) is 3.77. The van der Waals surface area contributed by atoms with Gasteiger partial charge in [0.25, 0.3) is 0 Å². The van der Waals surface area contributed by atoms with Gasteiger partial charge in [-0.05, 0) is 32.4 Å². The van der Waals surface area contributed by atoms with Crippen LogP contribution in [0, 0.1) is 5.41 Å². The monoisotopic (exact) mass is 263 g/mol. The van der Waals surface area contributed by atoms with E-state index >= 15 is 0 Å². The lowest BCUT2D eigenvalue weighted by molar-refractivity contribution is 0.0730. The van der Waals surface area contributed by atoms with E-state index in [2.05, 4.69) is 0 Å². The van der Waals surface area contributed by atoms with Gasteiger partial charge in [0.2, 0.25) is 0 Å². The van der Waals surface area contributed by atoms with Crippen molar-refractivity contribution in [1.82, 2.24) is 0 Å². The van der Waals surface area contributed by atoms with E-state index in [0.717, 1.165) is 6.42 Å². The van der Waals surface area contributed by atoms with Gasteiger partial charge in [0.05, 0.1) is 12.2 Å². The van der Waals surface area contributed by atoms with Crippen LogP contribution in [0.3, 0.4) is 0 Å². The first-order chi connectivity index (χ1) is 8.71. The highest BCUT2D eigenvalue weighted by Gasteiger charge is 2.41. The maximum atomic E-state index is 12.7. The molecular formula is C16H25NO2. The summed E-state index contributed by atoms with van der Waals surface area (Å²) < 4.78 is 5.65. The van der Waals surface area contributed by atoms with Gasteiger partial charge in [-0.25, -0.2) is 0 Å². The number of carbonyl (C=O) groups is 1. The molecule has 0 amide bonds. The number of ether oxygens (including phenoxy) is 1. The van der Waals surface area contributed by atoms with Crippen molar-refractivity contribution in [2.75, 3.05) is 6.61 Å². The zero-order valence-electron chi connectivity index (χ0n) is 12.6. The lowest BCUT2D eigenvalue weighted by atomic mass is 9.70. The molecule has 106 valence electrons. The molecule has 1 aromatic rings. The number of Topliss-reactive ketones (excluding diaryl/α,β-unsaturated/α-hetero) is 1. The molecule has 0 atom stereocenters. The highest BCUT2D eigenvalue weighted by molar-refractivity contribution is 6.03. The van der Waals surface area contributed by atoms with E-state index in [9.17, 15) is 4.79 Å². The van der Waals surface area contributed by atoms with Crippen LogP contribution in [0.5, 0.6) is 5.75 Å². The lowest BCUT2D eigenvalue weighted by Gasteiger charge is -2.37. The number of nitrogens with two attached hydrogens (primary N) is 1. The largest absolute Gasteiger partial charge is 0.493 e. The second-order valence-corrected chi connectivity index (χ2v) is 6.02. The number of hydrogen-bond acceptors (Lipinski definition) is 3. The third-order valence-electron chi connectivity index (χ3n) is 3.77. The van der Waals surface area contributed by atoms with Crippen LogP contribution >= 0.6 is 0 Å². The molecule has 0 aliphatic heterocycles. The fourth-order valence-corrected chi connectivity index (χ4v) is 1.62. The van der Waals surface area contributed by atoms with Crippen molar-refractivity contribution < 1.29 is 9.53 Å². The molecule has 0 spiro atoms. The van der Waals surface area contributed by atoms with Gasteiger partial charge in [-0.3, -0.25) is 4.79 Å². The van der Waals surface area contributed by atoms with Gasteiger partial charge in [-0.1, -0.05) is 32.9 Å². The van der Waals surface area contributed by atoms with Crippen LogP contribution in [-0.4, -0.2) is 17.9 Å². The first-order valence-corrected chi connectivity index (χ1v) is 6.77. The maximum Gasteiger partial charge on any atom is 0.173 e. The molecule has 3 heteroatoms. The van der Waals surface area contributed by atoms with Crippen molar-refractivity contribution in [3.63, 3.8) is 0 Å². The quantitative estimate of drug-likeness (QED) is 0.800. The molecule has 0 aromatic heterocycles. The van der Waals surface area contributed by atoms with Gasteiger partial charge >= 0.3 is 0 Å². The maximum absolute atomic E-state index is 12.7. The predicted molar refractivity (Wildman–Crippen MR) is 78.6 cm³/mol. The second kappa shape index (κ2) is 5.74. The summed E-state index contributed by atoms with van der Waals surface area (Å²) in [4.78, 5) is 12.7. The summed E-state index contributed by atoms with van der Waals surface area (Å²) in [5.41, 5.74) is 5.50. The zero-order valence-corrected chi connectivity index (χ0v) is 12.6. The summed E-state index contributed by atoms with van der Waals surface area (Å²) in [7, 11) is 0. The van der Waals surface area contributed by atoms with E-state index in [1.807, 2.05) is 52.8 Å². The topological polar surface area (TPSA) is 52.3 Å². The van der Waals surface area contributed by atoms with Crippen LogP contribution in [-0.2, 0) is 0 Å². The number of ketones is 1. The van der Waals surface area contributed by atoms with E-state index in [1.54, 1.807) is 6.07 Å². The highest BCUT2D eigenvalue weighted by atomic mass is 16.5. The average Bonchev–Trinajstić information content (AvgIpc) is 2.34. The van der Waals surface area contributed by atoms with E-state index in [4.69, 9.17) is 10.5 Å². The molecular weight excluding hydrogens is 238 g/mol. The molecule has 0 bridgehead atoms. The summed E-state index contributed by atoms with van der Waals surface area (Å²) in [5.74, 6) is 0.665. The van der Waals surface area contributed by atoms with E-state index < -0.39 is 11.0 Å². The Balaban J connectivity index is 3.13. The van der Waals surface area contributed by atoms with E-state index in [0.29, 0.717) is 17.9 Å². The summed E-state index contributed by atoms with van der Waals surface area (Å²) in [6, 6.07) is 7.37. The fraction of sp³-hybridized carbons (Fsp3) is 0.562. The van der Waals surface area contributed by atoms with Crippen LogP contribution in [0.4, 0.5) is 0 Å². The first kappa shape index (κ1) is 15.7. The number of rotatable bonds is 6. The molecule has 0 radical (unpaired) electrons. The second-order valence-electron chi connectivity index (χ2n) is 6.02. The molecule has 0 aliphatic carbocycles. The van der Waals surface area contributed by atoms with Gasteiger partial charge in [0.1, 0.15) is 5.75 Å². The Hall–Kier alpha value is -1.35. The summed E-state index contributed by atoms with van der Waals surface area (Å²) in [5, 5.41) is 0. The van der Waals surface area contributed by atoms with Crippen LogP contribution in [0.1, 0.15) is 51.4 Å². The first-order valence-electron chi connectivity index (χ1n) is 6.77. The number of para-hydroxylation sites is 1. The zero-order chi connectivity index (χ0) is 14.7. The molecule has 1 rings (SSSR count). The van der Waals surface area contributed by atoms with Crippen molar-refractivity contribution in [2.45, 2.75) is 46.6 Å². The van der Waals surface area contributed by atoms with Gasteiger partial charge < -0.3 is 10.5 Å². The van der Waals surface area contributed by atoms with E-state index in [-0.39, 0.29) is 5.78 Å². The standard InChI is InChI=1S/C16H25NO2/c1-6-11-19-13-10-8-7-9-12(13)14(18)15(2,3)16(4,5)17/h7-10H,6,11,17H2,1-5H3. The Morgan fingerprint density at radius 3 is 2.32 bits per heavy atom. The Labute approximate surface area is 116 Å². The Kier molecular flexibility index (Phi) is 4.75. The van der Waals surface area contributed by atoms with Crippen molar-refractivity contribution in [1.29, 1.82) is 0 Å². The smallest absolute Gasteiger partial charge is 0.173 e. The van der Waals surface area contributed by atoms with Crippen LogP contribution in [0.25, 0.3) is 0 Å². The van der Waals surface area contributed by atoms with E-state index in [1.165, 1.54) is 0 Å². The molecule has 0 fully saturated rings. The predicted octanol–water partition coefficient (Wildman–Crippen LogP) is 3.42. The molecule has 2 N–H and O–H groups in total. The van der Waals surface area contributed by atoms with Crippen LogP contribution in [0.2, 0.25) is 0 Å². The Morgan fingerprint density at radius 2 is 1.79 bits per heavy atom. The van der Waals surface area contributed by atoms with Crippen molar-refractivity contribution >= 4 is 5.78 Å². The SMILES string of the molecule is CCCOc1ccccc1C(=O)C(C)(C)C(C)(C)N. The van der Waals surface area contributed by atoms with Crippen LogP contribution < -0.4 is 10.5 Å². The van der Waals surface area contributed by atoms with Crippen molar-refractivity contribution in [3.05, 3.63) is 29.8 Å². The normalized spacial score (nSPS) is 12.3. The summed E-state index contributed by atoms with van der Waals surface area (Å²) >= 11 is 0. The van der Waals surface area contributed by atoms with Gasteiger partial charge in [0.15, 0.2) is 5.78 Å². The molecule has 0 saturated carbocycles. The Bertz CT molecular complexity index is 444. The number of benzene rings is 1. The molecule has 0 aliphatic rings. The fourth-order valence-electron chi connectivity index (χ4n) is 1.62. The number of carbonyl (C=O) groups excluding carboxylic acids is 1. The highest BCUT2D eigenvalue weighted by Crippen LogP contribution is 2.35. The van der Waals surface area contributed by atoms with Crippen molar-refractivity contribution in [3.8, 4) is 5.75 Å². The van der Waals surface area contributed by atoms with Gasteiger partial charge in [-0.15, -0.1) is 0 Å². The molecule has 0 unspecified atom stereocenters. The minimum Gasteiger partial charge on any atom is -0.493 e. The summed E-state index contributed by atoms with van der Waals surface area (Å²) in [6.45, 7) is 10.2. The molecule has 0 saturated heterocycles. The molecule has 1 aromatic carbocycles. The molecule has 19 heavy (non-hydrogen) atoms. The minimum absolute atomic E-state index is 0.0201. The van der Waals surface area contributed by atoms with Crippen molar-refractivity contribution in [2.24, 2.45) is 11.1 Å². The Morgan fingerprint density at radius 1 is 1.21 bits per heavy atom. The lowest BCUT2D eigenvalue weighted by Crippen LogP contribution is -2.51. The number of hydrogen-bond donors (Lipinski definition) is 1. The molecule has 3 nitrogen and oxygen atoms in total. The van der Waals surface area contributed by atoms with Crippen LogP contribution in [0.15, 0.2) is 24.3 Å².